The van der Waals surface area contributed by atoms with Crippen molar-refractivity contribution in [2.45, 2.75) is 0 Å². The third kappa shape index (κ3) is 1.65. The highest BCUT2D eigenvalue weighted by Gasteiger charge is 1.97. The normalized spacial score (nSPS) is 10.3. The summed E-state index contributed by atoms with van der Waals surface area (Å²) in [5.74, 6) is 0.854. The Morgan fingerprint density at radius 1 is 1.31 bits per heavy atom. The van der Waals surface area contributed by atoms with E-state index < -0.39 is 0 Å². The Balaban J connectivity index is 2.68. The molecule has 0 radical (unpaired) electrons. The SMILES string of the molecule is COc1ccc2ncc(Br)cc2c1. The van der Waals surface area contributed by atoms with Gasteiger partial charge >= 0.3 is 0 Å². The molecule has 2 rings (SSSR count). The van der Waals surface area contributed by atoms with Gasteiger partial charge in [-0.05, 0) is 40.2 Å². The van der Waals surface area contributed by atoms with Crippen molar-refractivity contribution in [3.63, 3.8) is 0 Å². The number of pyridine rings is 1. The van der Waals surface area contributed by atoms with Crippen LogP contribution >= 0.6 is 15.9 Å². The summed E-state index contributed by atoms with van der Waals surface area (Å²) in [5.41, 5.74) is 0.976. The molecule has 1 heterocycles. The van der Waals surface area contributed by atoms with Crippen LogP contribution in [0.4, 0.5) is 0 Å². The quantitative estimate of drug-likeness (QED) is 0.761. The van der Waals surface area contributed by atoms with Crippen LogP contribution in [-0.2, 0) is 0 Å². The van der Waals surface area contributed by atoms with E-state index in [4.69, 9.17) is 4.74 Å². The Bertz CT molecular complexity index is 442. The second-order valence-electron chi connectivity index (χ2n) is 2.71. The molecule has 13 heavy (non-hydrogen) atoms. The number of methoxy groups -OCH3 is 1. The van der Waals surface area contributed by atoms with Gasteiger partial charge in [-0.15, -0.1) is 0 Å². The fourth-order valence-electron chi connectivity index (χ4n) is 1.21. The molecule has 0 N–H and O–H groups in total. The number of benzene rings is 1. The summed E-state index contributed by atoms with van der Waals surface area (Å²) >= 11 is 3.38. The standard InChI is InChI=1S/C10H8BrNO/c1-13-9-2-3-10-7(5-9)4-8(11)6-12-10/h2-6H,1H3. The van der Waals surface area contributed by atoms with E-state index >= 15 is 0 Å². The van der Waals surface area contributed by atoms with Crippen LogP contribution in [0.5, 0.6) is 5.75 Å². The molecule has 0 aliphatic heterocycles. The van der Waals surface area contributed by atoms with Gasteiger partial charge in [-0.2, -0.15) is 0 Å². The van der Waals surface area contributed by atoms with Crippen LogP contribution in [0.15, 0.2) is 34.9 Å². The van der Waals surface area contributed by atoms with Gasteiger partial charge in [0.1, 0.15) is 5.75 Å². The number of halogens is 1. The summed E-state index contributed by atoms with van der Waals surface area (Å²) in [4.78, 5) is 4.25. The van der Waals surface area contributed by atoms with Gasteiger partial charge in [0.15, 0.2) is 0 Å². The fourth-order valence-corrected chi connectivity index (χ4v) is 1.56. The number of nitrogens with zero attached hydrogens (tertiary/aromatic N) is 1. The third-order valence-electron chi connectivity index (χ3n) is 1.86. The van der Waals surface area contributed by atoms with Crippen LogP contribution in [0.2, 0.25) is 0 Å². The van der Waals surface area contributed by atoms with E-state index in [2.05, 4.69) is 20.9 Å². The molecule has 66 valence electrons. The van der Waals surface area contributed by atoms with Crippen molar-refractivity contribution in [2.75, 3.05) is 7.11 Å². The van der Waals surface area contributed by atoms with Crippen LogP contribution in [0.1, 0.15) is 0 Å². The monoisotopic (exact) mass is 237 g/mol. The average Bonchev–Trinajstić information content (AvgIpc) is 2.16. The Hall–Kier alpha value is -1.09. The van der Waals surface area contributed by atoms with Gasteiger partial charge < -0.3 is 4.74 Å². The van der Waals surface area contributed by atoms with E-state index in [0.717, 1.165) is 21.1 Å². The van der Waals surface area contributed by atoms with E-state index in [9.17, 15) is 0 Å². The molecule has 0 amide bonds. The van der Waals surface area contributed by atoms with E-state index in [1.165, 1.54) is 0 Å². The Labute approximate surface area is 84.7 Å². The average molecular weight is 238 g/mol. The maximum absolute atomic E-state index is 5.12. The summed E-state index contributed by atoms with van der Waals surface area (Å²) < 4.78 is 6.10. The van der Waals surface area contributed by atoms with Crippen molar-refractivity contribution in [2.24, 2.45) is 0 Å². The minimum Gasteiger partial charge on any atom is -0.497 e. The zero-order chi connectivity index (χ0) is 9.26. The van der Waals surface area contributed by atoms with Gasteiger partial charge in [0.05, 0.1) is 12.6 Å². The first kappa shape index (κ1) is 8.51. The molecular weight excluding hydrogens is 230 g/mol. The summed E-state index contributed by atoms with van der Waals surface area (Å²) in [6, 6.07) is 7.84. The number of hydrogen-bond acceptors (Lipinski definition) is 2. The number of ether oxygens (including phenoxy) is 1. The molecule has 0 bridgehead atoms. The Kier molecular flexibility index (Phi) is 2.19. The zero-order valence-electron chi connectivity index (χ0n) is 7.12. The second-order valence-corrected chi connectivity index (χ2v) is 3.63. The molecule has 2 nitrogen and oxygen atoms in total. The van der Waals surface area contributed by atoms with Crippen molar-refractivity contribution in [3.8, 4) is 5.75 Å². The third-order valence-corrected chi connectivity index (χ3v) is 2.29. The van der Waals surface area contributed by atoms with E-state index in [-0.39, 0.29) is 0 Å². The molecular formula is C10H8BrNO. The maximum atomic E-state index is 5.12. The lowest BCUT2D eigenvalue weighted by atomic mass is 10.2. The van der Waals surface area contributed by atoms with E-state index in [1.807, 2.05) is 24.3 Å². The van der Waals surface area contributed by atoms with Crippen molar-refractivity contribution in [3.05, 3.63) is 34.9 Å². The molecule has 2 aromatic rings. The molecule has 0 unspecified atom stereocenters. The number of rotatable bonds is 1. The predicted molar refractivity (Wildman–Crippen MR) is 56.0 cm³/mol. The molecule has 1 aromatic carbocycles. The fraction of sp³-hybridized carbons (Fsp3) is 0.100. The van der Waals surface area contributed by atoms with Crippen molar-refractivity contribution < 1.29 is 4.74 Å². The largest absolute Gasteiger partial charge is 0.497 e. The molecule has 0 atom stereocenters. The van der Waals surface area contributed by atoms with Crippen LogP contribution in [0.25, 0.3) is 10.9 Å². The van der Waals surface area contributed by atoms with Gasteiger partial charge in [-0.1, -0.05) is 0 Å². The molecule has 0 saturated carbocycles. The van der Waals surface area contributed by atoms with E-state index in [1.54, 1.807) is 13.3 Å². The van der Waals surface area contributed by atoms with Crippen molar-refractivity contribution in [1.82, 2.24) is 4.98 Å². The van der Waals surface area contributed by atoms with E-state index in [0.29, 0.717) is 0 Å². The highest BCUT2D eigenvalue weighted by molar-refractivity contribution is 9.10. The smallest absolute Gasteiger partial charge is 0.119 e. The lowest BCUT2D eigenvalue weighted by molar-refractivity contribution is 0.415. The van der Waals surface area contributed by atoms with Gasteiger partial charge in [0.25, 0.3) is 0 Å². The summed E-state index contributed by atoms with van der Waals surface area (Å²) in [5, 5.41) is 1.08. The first-order valence-electron chi connectivity index (χ1n) is 3.89. The molecule has 0 aliphatic rings. The lowest BCUT2D eigenvalue weighted by Crippen LogP contribution is -1.83. The van der Waals surface area contributed by atoms with Crippen LogP contribution in [0.3, 0.4) is 0 Å². The molecule has 0 aliphatic carbocycles. The molecule has 3 heteroatoms. The topological polar surface area (TPSA) is 22.1 Å². The first-order valence-corrected chi connectivity index (χ1v) is 4.68. The van der Waals surface area contributed by atoms with Gasteiger partial charge in [-0.3, -0.25) is 4.98 Å². The summed E-state index contributed by atoms with van der Waals surface area (Å²) in [6.45, 7) is 0. The number of fused-ring (bicyclic) bond motifs is 1. The molecule has 0 fully saturated rings. The lowest BCUT2D eigenvalue weighted by Gasteiger charge is -2.01. The number of hydrogen-bond donors (Lipinski definition) is 0. The van der Waals surface area contributed by atoms with Crippen molar-refractivity contribution >= 4 is 26.8 Å². The minimum absolute atomic E-state index is 0.854. The first-order chi connectivity index (χ1) is 6.29. The Morgan fingerprint density at radius 3 is 2.92 bits per heavy atom. The Morgan fingerprint density at radius 2 is 2.15 bits per heavy atom. The van der Waals surface area contributed by atoms with Crippen LogP contribution in [-0.4, -0.2) is 12.1 Å². The van der Waals surface area contributed by atoms with Gasteiger partial charge in [-0.25, -0.2) is 0 Å². The number of aromatic nitrogens is 1. The molecule has 1 aromatic heterocycles. The van der Waals surface area contributed by atoms with Gasteiger partial charge in [0, 0.05) is 16.1 Å². The zero-order valence-corrected chi connectivity index (χ0v) is 8.71. The highest BCUT2D eigenvalue weighted by atomic mass is 79.9. The van der Waals surface area contributed by atoms with Crippen molar-refractivity contribution in [1.29, 1.82) is 0 Å². The molecule has 0 saturated heterocycles. The summed E-state index contributed by atoms with van der Waals surface area (Å²) in [6.07, 6.45) is 1.79. The van der Waals surface area contributed by atoms with Gasteiger partial charge in [0.2, 0.25) is 0 Å². The second kappa shape index (κ2) is 3.34. The van der Waals surface area contributed by atoms with Crippen LogP contribution < -0.4 is 4.74 Å². The maximum Gasteiger partial charge on any atom is 0.119 e. The summed E-state index contributed by atoms with van der Waals surface area (Å²) in [7, 11) is 1.66. The predicted octanol–water partition coefficient (Wildman–Crippen LogP) is 3.01. The van der Waals surface area contributed by atoms with Crippen LogP contribution in [0, 0.1) is 0 Å². The highest BCUT2D eigenvalue weighted by Crippen LogP contribution is 2.21. The minimum atomic E-state index is 0.854. The molecule has 0 spiro atoms.